The third kappa shape index (κ3) is 7.33. The molecule has 1 saturated heterocycles. The Kier molecular flexibility index (Phi) is 8.59. The first-order valence-electron chi connectivity index (χ1n) is 13.5. The Morgan fingerprint density at radius 1 is 0.932 bits per heavy atom. The summed E-state index contributed by atoms with van der Waals surface area (Å²) in [6, 6.07) is 12.2. The van der Waals surface area contributed by atoms with Gasteiger partial charge in [-0.15, -0.1) is 0 Å². The van der Waals surface area contributed by atoms with E-state index in [0.717, 1.165) is 18.2 Å². The topological polar surface area (TPSA) is 97.2 Å². The molecule has 44 heavy (non-hydrogen) atoms. The number of hydrogen-bond acceptors (Lipinski definition) is 7. The Bertz CT molecular complexity index is 1520. The number of nitro groups is 1. The van der Waals surface area contributed by atoms with E-state index in [9.17, 15) is 41.3 Å². The van der Waals surface area contributed by atoms with Crippen molar-refractivity contribution in [3.63, 3.8) is 0 Å². The lowest BCUT2D eigenvalue weighted by Crippen LogP contribution is -2.51. The molecule has 1 amide bonds. The predicted octanol–water partition coefficient (Wildman–Crippen LogP) is 5.90. The third-order valence-corrected chi connectivity index (χ3v) is 7.32. The zero-order chi connectivity index (χ0) is 31.6. The van der Waals surface area contributed by atoms with Crippen molar-refractivity contribution in [2.24, 2.45) is 0 Å². The average Bonchev–Trinajstić information content (AvgIpc) is 3.37. The molecule has 15 heteroatoms. The zero-order valence-electron chi connectivity index (χ0n) is 23.0. The molecule has 1 unspecified atom stereocenters. The molecule has 3 aromatic carbocycles. The van der Waals surface area contributed by atoms with Crippen LogP contribution in [0.15, 0.2) is 60.7 Å². The molecule has 9 nitrogen and oxygen atoms in total. The van der Waals surface area contributed by atoms with Crippen LogP contribution >= 0.6 is 0 Å². The summed E-state index contributed by atoms with van der Waals surface area (Å²) in [5.41, 5.74) is -2.18. The Morgan fingerprint density at radius 2 is 1.61 bits per heavy atom. The number of carbonyl (C=O) groups is 1. The van der Waals surface area contributed by atoms with Crippen LogP contribution in [-0.4, -0.2) is 66.1 Å². The predicted molar refractivity (Wildman–Crippen MR) is 146 cm³/mol. The average molecular weight is 625 g/mol. The Morgan fingerprint density at radius 3 is 2.25 bits per heavy atom. The zero-order valence-corrected chi connectivity index (χ0v) is 23.0. The molecule has 2 heterocycles. The lowest BCUT2D eigenvalue weighted by atomic mass is 10.1. The Labute approximate surface area is 247 Å². The second-order valence-electron chi connectivity index (χ2n) is 10.4. The van der Waals surface area contributed by atoms with E-state index in [1.165, 1.54) is 36.4 Å². The number of anilines is 2. The molecule has 0 saturated carbocycles. The molecule has 1 atom stereocenters. The molecule has 1 N–H and O–H groups in total. The van der Waals surface area contributed by atoms with E-state index in [1.807, 2.05) is 0 Å². The molecule has 0 radical (unpaired) electrons. The van der Waals surface area contributed by atoms with Gasteiger partial charge in [-0.25, -0.2) is 0 Å². The maximum absolute atomic E-state index is 13.2. The van der Waals surface area contributed by atoms with Crippen molar-refractivity contribution in [2.75, 3.05) is 44.6 Å². The fourth-order valence-electron chi connectivity index (χ4n) is 5.10. The first-order chi connectivity index (χ1) is 20.8. The van der Waals surface area contributed by atoms with Crippen molar-refractivity contribution in [2.45, 2.75) is 24.9 Å². The maximum atomic E-state index is 13.2. The summed E-state index contributed by atoms with van der Waals surface area (Å²) in [5, 5.41) is 13.7. The highest BCUT2D eigenvalue weighted by Gasteiger charge is 2.38. The molecule has 2 aliphatic rings. The lowest BCUT2D eigenvalue weighted by molar-refractivity contribution is -0.388. The largest absolute Gasteiger partial charge is 0.488 e. The van der Waals surface area contributed by atoms with Crippen molar-refractivity contribution < 1.29 is 45.5 Å². The Hall–Kier alpha value is -4.53. The van der Waals surface area contributed by atoms with Crippen LogP contribution in [0.4, 0.5) is 43.4 Å². The highest BCUT2D eigenvalue weighted by molar-refractivity contribution is 5.78. The van der Waals surface area contributed by atoms with Crippen molar-refractivity contribution in [1.29, 1.82) is 0 Å². The fraction of sp³-hybridized carbons (Fsp3) is 0.345. The van der Waals surface area contributed by atoms with Gasteiger partial charge in [-0.1, -0.05) is 0 Å². The molecule has 2 aliphatic heterocycles. The van der Waals surface area contributed by atoms with Gasteiger partial charge in [0.1, 0.15) is 23.2 Å². The normalized spacial score (nSPS) is 17.1. The van der Waals surface area contributed by atoms with Crippen LogP contribution in [0.3, 0.4) is 0 Å². The number of hydrogen-bond donors (Lipinski definition) is 1. The van der Waals surface area contributed by atoms with Crippen LogP contribution < -0.4 is 14.8 Å². The molecule has 0 aliphatic carbocycles. The van der Waals surface area contributed by atoms with Crippen molar-refractivity contribution in [3.8, 4) is 11.5 Å². The molecular formula is C29H26F6N4O5. The van der Waals surface area contributed by atoms with Gasteiger partial charge >= 0.3 is 12.4 Å². The van der Waals surface area contributed by atoms with Crippen LogP contribution in [0.25, 0.3) is 0 Å². The second-order valence-corrected chi connectivity index (χ2v) is 10.4. The minimum absolute atomic E-state index is 0.00513. The van der Waals surface area contributed by atoms with E-state index in [2.05, 4.69) is 10.2 Å². The molecule has 3 aromatic rings. The molecule has 234 valence electrons. The summed E-state index contributed by atoms with van der Waals surface area (Å²) in [6.07, 6.45) is -9.21. The van der Waals surface area contributed by atoms with Gasteiger partial charge in [-0.3, -0.25) is 19.8 Å². The number of halogens is 6. The second kappa shape index (κ2) is 12.2. The summed E-state index contributed by atoms with van der Waals surface area (Å²) in [6.45, 7) is 2.30. The van der Waals surface area contributed by atoms with E-state index in [0.29, 0.717) is 68.0 Å². The van der Waals surface area contributed by atoms with E-state index >= 15 is 0 Å². The highest BCUT2D eigenvalue weighted by atomic mass is 19.4. The number of rotatable bonds is 8. The van der Waals surface area contributed by atoms with Crippen LogP contribution in [0.5, 0.6) is 11.5 Å². The summed E-state index contributed by atoms with van der Waals surface area (Å²) < 4.78 is 90.1. The third-order valence-electron chi connectivity index (χ3n) is 7.32. The fourth-order valence-corrected chi connectivity index (χ4v) is 5.10. The Balaban J connectivity index is 1.06. The number of piperazine rings is 1. The number of alkyl halides is 6. The number of carbonyl (C=O) groups excluding carboxylic acids is 1. The van der Waals surface area contributed by atoms with Crippen LogP contribution in [0.1, 0.15) is 16.7 Å². The number of fused-ring (bicyclic) bond motifs is 1. The summed E-state index contributed by atoms with van der Waals surface area (Å²) in [4.78, 5) is 26.3. The van der Waals surface area contributed by atoms with Gasteiger partial charge in [0, 0.05) is 56.6 Å². The number of benzene rings is 3. The van der Waals surface area contributed by atoms with Crippen molar-refractivity contribution >= 4 is 23.0 Å². The number of amides is 1. The number of ether oxygens (including phenoxy) is 2. The molecule has 1 fully saturated rings. The van der Waals surface area contributed by atoms with Gasteiger partial charge in [-0.05, 0) is 60.2 Å². The van der Waals surface area contributed by atoms with Crippen LogP contribution in [0, 0.1) is 10.1 Å². The molecular weight excluding hydrogens is 598 g/mol. The quantitative estimate of drug-likeness (QED) is 0.189. The van der Waals surface area contributed by atoms with Gasteiger partial charge in [0.05, 0.1) is 10.5 Å². The standard InChI is InChI=1S/C29H26F6N4O5/c30-28(31,32)19-1-8-26-18(13-19)14-23(44-26)16-37-9-11-38(12-10-37)27(40)17-43-22-5-2-20(3-6-22)36-21-4-7-25(39(41)42)24(15-21)29(33,34)35/h1-8,13,15,23,36H,9-12,14,16-17H2. The van der Waals surface area contributed by atoms with Crippen molar-refractivity contribution in [3.05, 3.63) is 87.5 Å². The summed E-state index contributed by atoms with van der Waals surface area (Å²) in [7, 11) is 0. The molecule has 5 rings (SSSR count). The first kappa shape index (κ1) is 30.9. The van der Waals surface area contributed by atoms with Gasteiger partial charge in [-0.2, -0.15) is 26.3 Å². The lowest BCUT2D eigenvalue weighted by Gasteiger charge is -2.35. The SMILES string of the molecule is O=C(COc1ccc(Nc2ccc([N+](=O)[O-])c(C(F)(F)F)c2)cc1)N1CCN(CC2Cc3cc(C(F)(F)F)ccc3O2)CC1. The van der Waals surface area contributed by atoms with E-state index in [1.54, 1.807) is 4.90 Å². The minimum atomic E-state index is -4.90. The van der Waals surface area contributed by atoms with Gasteiger partial charge in [0.15, 0.2) is 6.61 Å². The first-order valence-corrected chi connectivity index (χ1v) is 13.5. The van der Waals surface area contributed by atoms with E-state index in [-0.39, 0.29) is 24.3 Å². The molecule has 0 bridgehead atoms. The van der Waals surface area contributed by atoms with Crippen LogP contribution in [0.2, 0.25) is 0 Å². The monoisotopic (exact) mass is 624 g/mol. The van der Waals surface area contributed by atoms with Gasteiger partial charge in [0.25, 0.3) is 11.6 Å². The van der Waals surface area contributed by atoms with Crippen molar-refractivity contribution in [1.82, 2.24) is 9.80 Å². The molecule has 0 aromatic heterocycles. The minimum Gasteiger partial charge on any atom is -0.488 e. The van der Waals surface area contributed by atoms with Crippen LogP contribution in [-0.2, 0) is 23.6 Å². The van der Waals surface area contributed by atoms with E-state index < -0.39 is 34.1 Å². The van der Waals surface area contributed by atoms with E-state index in [4.69, 9.17) is 9.47 Å². The van der Waals surface area contributed by atoms with Gasteiger partial charge < -0.3 is 19.7 Å². The summed E-state index contributed by atoms with van der Waals surface area (Å²) in [5.74, 6) is 0.579. The maximum Gasteiger partial charge on any atom is 0.423 e. The molecule has 0 spiro atoms. The smallest absolute Gasteiger partial charge is 0.423 e. The van der Waals surface area contributed by atoms with Gasteiger partial charge in [0.2, 0.25) is 0 Å². The number of nitrogens with one attached hydrogen (secondary N) is 1. The summed E-state index contributed by atoms with van der Waals surface area (Å²) >= 11 is 0. The number of nitrogens with zero attached hydrogens (tertiary/aromatic N) is 3. The highest BCUT2D eigenvalue weighted by Crippen LogP contribution is 2.38. The number of nitro benzene ring substituents is 1.